The van der Waals surface area contributed by atoms with Gasteiger partial charge < -0.3 is 14.8 Å². The van der Waals surface area contributed by atoms with E-state index in [0.717, 1.165) is 17.7 Å². The highest BCUT2D eigenvalue weighted by Gasteiger charge is 2.53. The SMILES string of the molecule is CC1(C)Cc2cccc(OCCNC(=O)[C@H]3C[C@H]3[N+](=O)[O-])c2O1. The van der Waals surface area contributed by atoms with Crippen LogP contribution in [0.2, 0.25) is 0 Å². The Bertz CT molecular complexity index is 643. The van der Waals surface area contributed by atoms with Crippen molar-refractivity contribution >= 4 is 5.91 Å². The number of hydrogen-bond donors (Lipinski definition) is 1. The third-order valence-corrected chi connectivity index (χ3v) is 4.08. The van der Waals surface area contributed by atoms with Crippen molar-refractivity contribution in [2.75, 3.05) is 13.2 Å². The van der Waals surface area contributed by atoms with Crippen LogP contribution >= 0.6 is 0 Å². The molecular weight excluding hydrogens is 300 g/mol. The first-order valence-corrected chi connectivity index (χ1v) is 7.72. The van der Waals surface area contributed by atoms with E-state index in [2.05, 4.69) is 5.32 Å². The van der Waals surface area contributed by atoms with Crippen LogP contribution in [-0.2, 0) is 11.2 Å². The third-order valence-electron chi connectivity index (χ3n) is 4.08. The van der Waals surface area contributed by atoms with E-state index in [0.29, 0.717) is 25.3 Å². The van der Waals surface area contributed by atoms with Crippen LogP contribution in [0.25, 0.3) is 0 Å². The molecule has 1 aliphatic carbocycles. The predicted molar refractivity (Wildman–Crippen MR) is 82.2 cm³/mol. The van der Waals surface area contributed by atoms with Gasteiger partial charge in [0.1, 0.15) is 18.1 Å². The molecule has 23 heavy (non-hydrogen) atoms. The number of fused-ring (bicyclic) bond motifs is 1. The Morgan fingerprint density at radius 1 is 1.52 bits per heavy atom. The Kier molecular flexibility index (Phi) is 3.87. The lowest BCUT2D eigenvalue weighted by atomic mass is 10.0. The van der Waals surface area contributed by atoms with Gasteiger partial charge in [-0.05, 0) is 19.9 Å². The fourth-order valence-electron chi connectivity index (χ4n) is 2.86. The Hall–Kier alpha value is -2.31. The summed E-state index contributed by atoms with van der Waals surface area (Å²) >= 11 is 0. The molecule has 0 aromatic heterocycles. The average molecular weight is 320 g/mol. The van der Waals surface area contributed by atoms with Crippen molar-refractivity contribution in [2.45, 2.75) is 38.3 Å². The maximum absolute atomic E-state index is 11.7. The van der Waals surface area contributed by atoms with Gasteiger partial charge in [0.15, 0.2) is 11.5 Å². The summed E-state index contributed by atoms with van der Waals surface area (Å²) in [6.45, 7) is 4.66. The Morgan fingerprint density at radius 3 is 3.00 bits per heavy atom. The van der Waals surface area contributed by atoms with E-state index in [4.69, 9.17) is 9.47 Å². The van der Waals surface area contributed by atoms with E-state index in [1.165, 1.54) is 0 Å². The van der Waals surface area contributed by atoms with Gasteiger partial charge in [-0.25, -0.2) is 0 Å². The summed E-state index contributed by atoms with van der Waals surface area (Å²) in [6.07, 6.45) is 1.16. The number of nitrogens with zero attached hydrogens (tertiary/aromatic N) is 1. The minimum Gasteiger partial charge on any atom is -0.488 e. The normalized spacial score (nSPS) is 23.6. The first-order chi connectivity index (χ1) is 10.9. The molecule has 0 radical (unpaired) electrons. The fraction of sp³-hybridized carbons (Fsp3) is 0.562. The molecule has 1 saturated carbocycles. The molecule has 1 aliphatic heterocycles. The molecule has 3 rings (SSSR count). The highest BCUT2D eigenvalue weighted by molar-refractivity contribution is 5.81. The third kappa shape index (κ3) is 3.38. The van der Waals surface area contributed by atoms with Crippen LogP contribution in [0, 0.1) is 16.0 Å². The molecule has 0 spiro atoms. The number of benzene rings is 1. The number of carbonyl (C=O) groups excluding carboxylic acids is 1. The average Bonchev–Trinajstić information content (AvgIpc) is 3.20. The molecule has 1 heterocycles. The first-order valence-electron chi connectivity index (χ1n) is 7.72. The number of nitro groups is 1. The Morgan fingerprint density at radius 2 is 2.30 bits per heavy atom. The summed E-state index contributed by atoms with van der Waals surface area (Å²) in [4.78, 5) is 21.9. The standard InChI is InChI=1S/C16H20N2O5/c1-16(2)9-10-4-3-5-13(14(10)23-16)22-7-6-17-15(19)11-8-12(11)18(20)21/h3-5,11-12H,6-9H2,1-2H3,(H,17,19)/t11-,12+/m0/s1. The van der Waals surface area contributed by atoms with Crippen LogP contribution in [-0.4, -0.2) is 35.6 Å². The zero-order valence-corrected chi connectivity index (χ0v) is 13.2. The number of ether oxygens (including phenoxy) is 2. The topological polar surface area (TPSA) is 90.7 Å². The molecular formula is C16H20N2O5. The molecule has 2 aliphatic rings. The number of carbonyl (C=O) groups is 1. The van der Waals surface area contributed by atoms with Crippen LogP contribution in [0.15, 0.2) is 18.2 Å². The number of nitrogens with one attached hydrogen (secondary N) is 1. The molecule has 0 unspecified atom stereocenters. The second-order valence-electron chi connectivity index (χ2n) is 6.62. The summed E-state index contributed by atoms with van der Waals surface area (Å²) < 4.78 is 11.6. The zero-order valence-electron chi connectivity index (χ0n) is 13.2. The van der Waals surface area contributed by atoms with E-state index in [-0.39, 0.29) is 11.5 Å². The van der Waals surface area contributed by atoms with Crippen molar-refractivity contribution in [2.24, 2.45) is 5.92 Å². The van der Waals surface area contributed by atoms with Crippen LogP contribution in [0.3, 0.4) is 0 Å². The first kappa shape index (κ1) is 15.6. The van der Waals surface area contributed by atoms with E-state index in [1.54, 1.807) is 0 Å². The van der Waals surface area contributed by atoms with Crippen molar-refractivity contribution < 1.29 is 19.2 Å². The predicted octanol–water partition coefficient (Wildman–Crippen LogP) is 1.56. The maximum atomic E-state index is 11.7. The Balaban J connectivity index is 1.47. The van der Waals surface area contributed by atoms with Crippen molar-refractivity contribution in [1.29, 1.82) is 0 Å². The summed E-state index contributed by atoms with van der Waals surface area (Å²) in [5.74, 6) is 0.664. The van der Waals surface area contributed by atoms with Gasteiger partial charge in [0, 0.05) is 23.3 Å². The lowest BCUT2D eigenvalue weighted by molar-refractivity contribution is -0.497. The van der Waals surface area contributed by atoms with Gasteiger partial charge in [0.25, 0.3) is 0 Å². The van der Waals surface area contributed by atoms with Crippen LogP contribution in [0.4, 0.5) is 0 Å². The van der Waals surface area contributed by atoms with Gasteiger partial charge in [-0.15, -0.1) is 0 Å². The van der Waals surface area contributed by atoms with Gasteiger partial charge in [0.2, 0.25) is 11.9 Å². The monoisotopic (exact) mass is 320 g/mol. The maximum Gasteiger partial charge on any atom is 0.230 e. The quantitative estimate of drug-likeness (QED) is 0.488. The Labute approximate surface area is 134 Å². The summed E-state index contributed by atoms with van der Waals surface area (Å²) in [6, 6.07) is 5.06. The zero-order chi connectivity index (χ0) is 16.6. The van der Waals surface area contributed by atoms with Crippen molar-refractivity contribution in [3.63, 3.8) is 0 Å². The molecule has 1 aromatic carbocycles. The minimum atomic E-state index is -0.719. The number of para-hydroxylation sites is 1. The second-order valence-corrected chi connectivity index (χ2v) is 6.62. The van der Waals surface area contributed by atoms with Gasteiger partial charge in [-0.3, -0.25) is 14.9 Å². The van der Waals surface area contributed by atoms with Gasteiger partial charge in [-0.1, -0.05) is 12.1 Å². The number of rotatable bonds is 6. The minimum absolute atomic E-state index is 0.237. The van der Waals surface area contributed by atoms with Crippen LogP contribution < -0.4 is 14.8 Å². The second kappa shape index (κ2) is 5.72. The molecule has 1 aromatic rings. The van der Waals surface area contributed by atoms with Gasteiger partial charge >= 0.3 is 0 Å². The van der Waals surface area contributed by atoms with E-state index in [9.17, 15) is 14.9 Å². The molecule has 7 nitrogen and oxygen atoms in total. The highest BCUT2D eigenvalue weighted by atomic mass is 16.6. The lowest BCUT2D eigenvalue weighted by Crippen LogP contribution is -2.31. The summed E-state index contributed by atoms with van der Waals surface area (Å²) in [5, 5.41) is 13.2. The highest BCUT2D eigenvalue weighted by Crippen LogP contribution is 2.41. The molecule has 1 fully saturated rings. The summed E-state index contributed by atoms with van der Waals surface area (Å²) in [5.41, 5.74) is 0.878. The smallest absolute Gasteiger partial charge is 0.230 e. The molecule has 1 amide bonds. The van der Waals surface area contributed by atoms with E-state index in [1.807, 2.05) is 32.0 Å². The number of hydrogen-bond acceptors (Lipinski definition) is 5. The van der Waals surface area contributed by atoms with Gasteiger partial charge in [0.05, 0.1) is 6.54 Å². The molecule has 0 bridgehead atoms. The molecule has 0 saturated heterocycles. The molecule has 2 atom stereocenters. The molecule has 1 N–H and O–H groups in total. The molecule has 124 valence electrons. The largest absolute Gasteiger partial charge is 0.488 e. The van der Waals surface area contributed by atoms with Gasteiger partial charge in [-0.2, -0.15) is 0 Å². The van der Waals surface area contributed by atoms with Crippen LogP contribution in [0.1, 0.15) is 25.8 Å². The molecule has 7 heteroatoms. The van der Waals surface area contributed by atoms with Crippen molar-refractivity contribution in [3.05, 3.63) is 33.9 Å². The van der Waals surface area contributed by atoms with Crippen molar-refractivity contribution in [1.82, 2.24) is 5.32 Å². The fourth-order valence-corrected chi connectivity index (χ4v) is 2.86. The number of amides is 1. The van der Waals surface area contributed by atoms with E-state index >= 15 is 0 Å². The lowest BCUT2D eigenvalue weighted by Gasteiger charge is -2.18. The van der Waals surface area contributed by atoms with Crippen molar-refractivity contribution in [3.8, 4) is 11.5 Å². The van der Waals surface area contributed by atoms with Crippen LogP contribution in [0.5, 0.6) is 11.5 Å². The van der Waals surface area contributed by atoms with E-state index < -0.39 is 16.9 Å². The summed E-state index contributed by atoms with van der Waals surface area (Å²) in [7, 11) is 0.